The van der Waals surface area contributed by atoms with E-state index in [1.807, 2.05) is 31.2 Å². The summed E-state index contributed by atoms with van der Waals surface area (Å²) >= 11 is 0. The SMILES string of the molecule is Cc1ccc(CC(=O)NCC(=O)NCCN2CCOCC2)cc1. The van der Waals surface area contributed by atoms with Crippen molar-refractivity contribution in [2.45, 2.75) is 13.3 Å². The highest BCUT2D eigenvalue weighted by Gasteiger charge is 2.10. The summed E-state index contributed by atoms with van der Waals surface area (Å²) in [5, 5.41) is 5.47. The van der Waals surface area contributed by atoms with E-state index < -0.39 is 0 Å². The van der Waals surface area contributed by atoms with Crippen molar-refractivity contribution in [1.29, 1.82) is 0 Å². The van der Waals surface area contributed by atoms with Gasteiger partial charge in [-0.05, 0) is 12.5 Å². The van der Waals surface area contributed by atoms with Gasteiger partial charge < -0.3 is 15.4 Å². The average molecular weight is 319 g/mol. The number of nitrogens with one attached hydrogen (secondary N) is 2. The zero-order valence-corrected chi connectivity index (χ0v) is 13.6. The van der Waals surface area contributed by atoms with Gasteiger partial charge in [-0.15, -0.1) is 0 Å². The van der Waals surface area contributed by atoms with E-state index in [4.69, 9.17) is 4.74 Å². The van der Waals surface area contributed by atoms with Crippen LogP contribution >= 0.6 is 0 Å². The minimum atomic E-state index is -0.157. The molecule has 2 N–H and O–H groups in total. The van der Waals surface area contributed by atoms with Crippen molar-refractivity contribution >= 4 is 11.8 Å². The Kier molecular flexibility index (Phi) is 7.03. The standard InChI is InChI=1S/C17H25N3O3/c1-14-2-4-15(5-3-14)12-16(21)19-13-17(22)18-6-7-20-8-10-23-11-9-20/h2-5H,6-13H2,1H3,(H,18,22)(H,19,21). The lowest BCUT2D eigenvalue weighted by atomic mass is 10.1. The molecule has 1 aromatic carbocycles. The number of nitrogens with zero attached hydrogens (tertiary/aromatic N) is 1. The molecule has 0 atom stereocenters. The lowest BCUT2D eigenvalue weighted by molar-refractivity contribution is -0.125. The van der Waals surface area contributed by atoms with Crippen molar-refractivity contribution in [3.8, 4) is 0 Å². The first kappa shape index (κ1) is 17.4. The van der Waals surface area contributed by atoms with E-state index in [0.29, 0.717) is 13.0 Å². The molecule has 1 heterocycles. The molecule has 0 saturated carbocycles. The second-order valence-corrected chi connectivity index (χ2v) is 5.74. The molecule has 1 aromatic rings. The minimum absolute atomic E-state index is 0.0216. The molecule has 23 heavy (non-hydrogen) atoms. The first-order chi connectivity index (χ1) is 11.1. The Balaban J connectivity index is 1.58. The normalized spacial score (nSPS) is 15.2. The van der Waals surface area contributed by atoms with Crippen LogP contribution in [0.4, 0.5) is 0 Å². The van der Waals surface area contributed by atoms with Crippen molar-refractivity contribution in [3.05, 3.63) is 35.4 Å². The van der Waals surface area contributed by atoms with Crippen LogP contribution in [0.15, 0.2) is 24.3 Å². The molecule has 1 aliphatic heterocycles. The number of carbonyl (C=O) groups is 2. The molecule has 0 spiro atoms. The Hall–Kier alpha value is -1.92. The molecule has 0 radical (unpaired) electrons. The van der Waals surface area contributed by atoms with E-state index in [1.54, 1.807) is 0 Å². The summed E-state index contributed by atoms with van der Waals surface area (Å²) < 4.78 is 5.27. The highest BCUT2D eigenvalue weighted by atomic mass is 16.5. The fraction of sp³-hybridized carbons (Fsp3) is 0.529. The van der Waals surface area contributed by atoms with Crippen molar-refractivity contribution in [2.75, 3.05) is 45.9 Å². The largest absolute Gasteiger partial charge is 0.379 e. The molecule has 126 valence electrons. The van der Waals surface area contributed by atoms with Crippen molar-refractivity contribution in [1.82, 2.24) is 15.5 Å². The molecular weight excluding hydrogens is 294 g/mol. The quantitative estimate of drug-likeness (QED) is 0.748. The first-order valence-corrected chi connectivity index (χ1v) is 8.02. The molecule has 6 nitrogen and oxygen atoms in total. The highest BCUT2D eigenvalue weighted by molar-refractivity contribution is 5.85. The Morgan fingerprint density at radius 1 is 1.09 bits per heavy atom. The van der Waals surface area contributed by atoms with Gasteiger partial charge in [0.15, 0.2) is 0 Å². The summed E-state index contributed by atoms with van der Waals surface area (Å²) in [5.41, 5.74) is 2.11. The minimum Gasteiger partial charge on any atom is -0.379 e. The summed E-state index contributed by atoms with van der Waals surface area (Å²) in [4.78, 5) is 25.8. The number of benzene rings is 1. The van der Waals surface area contributed by atoms with Gasteiger partial charge in [-0.1, -0.05) is 29.8 Å². The maximum Gasteiger partial charge on any atom is 0.239 e. The van der Waals surface area contributed by atoms with E-state index in [-0.39, 0.29) is 18.4 Å². The monoisotopic (exact) mass is 319 g/mol. The van der Waals surface area contributed by atoms with Gasteiger partial charge in [-0.3, -0.25) is 14.5 Å². The summed E-state index contributed by atoms with van der Waals surface area (Å²) in [7, 11) is 0. The Labute approximate surface area is 137 Å². The predicted molar refractivity (Wildman–Crippen MR) is 88.2 cm³/mol. The topological polar surface area (TPSA) is 70.7 Å². The van der Waals surface area contributed by atoms with Gasteiger partial charge in [-0.2, -0.15) is 0 Å². The third-order valence-electron chi connectivity index (χ3n) is 3.79. The van der Waals surface area contributed by atoms with E-state index in [1.165, 1.54) is 0 Å². The molecule has 0 bridgehead atoms. The number of morpholine rings is 1. The van der Waals surface area contributed by atoms with E-state index >= 15 is 0 Å². The number of ether oxygens (including phenoxy) is 1. The number of rotatable bonds is 7. The van der Waals surface area contributed by atoms with Crippen LogP contribution in [0, 0.1) is 6.92 Å². The summed E-state index contributed by atoms with van der Waals surface area (Å²) in [5.74, 6) is -0.298. The molecule has 6 heteroatoms. The number of hydrogen-bond acceptors (Lipinski definition) is 4. The second kappa shape index (κ2) is 9.27. The van der Waals surface area contributed by atoms with Gasteiger partial charge in [0.2, 0.25) is 11.8 Å². The molecule has 0 aliphatic carbocycles. The lowest BCUT2D eigenvalue weighted by Gasteiger charge is -2.26. The molecule has 2 amide bonds. The van der Waals surface area contributed by atoms with E-state index in [0.717, 1.165) is 44.0 Å². The molecule has 1 aliphatic rings. The Morgan fingerprint density at radius 3 is 2.48 bits per heavy atom. The van der Waals surface area contributed by atoms with Crippen LogP contribution in [-0.2, 0) is 20.7 Å². The lowest BCUT2D eigenvalue weighted by Crippen LogP contribution is -2.43. The van der Waals surface area contributed by atoms with Crippen LogP contribution in [-0.4, -0.2) is 62.7 Å². The molecule has 1 fully saturated rings. The number of aryl methyl sites for hydroxylation is 1. The maximum absolute atomic E-state index is 11.8. The van der Waals surface area contributed by atoms with Crippen LogP contribution < -0.4 is 10.6 Å². The average Bonchev–Trinajstić information content (AvgIpc) is 2.56. The Bertz CT molecular complexity index is 510. The Morgan fingerprint density at radius 2 is 1.78 bits per heavy atom. The number of carbonyl (C=O) groups excluding carboxylic acids is 2. The van der Waals surface area contributed by atoms with Gasteiger partial charge in [0, 0.05) is 26.2 Å². The first-order valence-electron chi connectivity index (χ1n) is 8.02. The van der Waals surface area contributed by atoms with Crippen molar-refractivity contribution in [3.63, 3.8) is 0 Å². The third kappa shape index (κ3) is 6.80. The highest BCUT2D eigenvalue weighted by Crippen LogP contribution is 2.03. The fourth-order valence-electron chi connectivity index (χ4n) is 2.37. The van der Waals surface area contributed by atoms with Gasteiger partial charge in [0.25, 0.3) is 0 Å². The predicted octanol–water partition coefficient (Wildman–Crippen LogP) is 0.102. The van der Waals surface area contributed by atoms with Crippen LogP contribution in [0.3, 0.4) is 0 Å². The van der Waals surface area contributed by atoms with Crippen LogP contribution in [0.1, 0.15) is 11.1 Å². The van der Waals surface area contributed by atoms with Crippen molar-refractivity contribution in [2.24, 2.45) is 0 Å². The number of hydrogen-bond donors (Lipinski definition) is 2. The second-order valence-electron chi connectivity index (χ2n) is 5.74. The fourth-order valence-corrected chi connectivity index (χ4v) is 2.37. The van der Waals surface area contributed by atoms with E-state index in [9.17, 15) is 9.59 Å². The molecule has 2 rings (SSSR count). The zero-order chi connectivity index (χ0) is 16.5. The third-order valence-corrected chi connectivity index (χ3v) is 3.79. The van der Waals surface area contributed by atoms with E-state index in [2.05, 4.69) is 15.5 Å². The zero-order valence-electron chi connectivity index (χ0n) is 13.6. The molecule has 0 unspecified atom stereocenters. The summed E-state index contributed by atoms with van der Waals surface area (Å²) in [6.07, 6.45) is 0.293. The molecular formula is C17H25N3O3. The smallest absolute Gasteiger partial charge is 0.239 e. The molecule has 1 saturated heterocycles. The van der Waals surface area contributed by atoms with Crippen LogP contribution in [0.5, 0.6) is 0 Å². The number of amides is 2. The summed E-state index contributed by atoms with van der Waals surface area (Å²) in [6, 6.07) is 7.80. The van der Waals surface area contributed by atoms with Gasteiger partial charge in [-0.25, -0.2) is 0 Å². The summed E-state index contributed by atoms with van der Waals surface area (Å²) in [6.45, 7) is 6.75. The van der Waals surface area contributed by atoms with Crippen LogP contribution in [0.25, 0.3) is 0 Å². The van der Waals surface area contributed by atoms with Crippen molar-refractivity contribution < 1.29 is 14.3 Å². The van der Waals surface area contributed by atoms with Gasteiger partial charge in [0.1, 0.15) is 0 Å². The van der Waals surface area contributed by atoms with Gasteiger partial charge >= 0.3 is 0 Å². The van der Waals surface area contributed by atoms with Crippen LogP contribution in [0.2, 0.25) is 0 Å². The maximum atomic E-state index is 11.8. The van der Waals surface area contributed by atoms with Gasteiger partial charge in [0.05, 0.1) is 26.2 Å². The molecule has 0 aromatic heterocycles.